The minimum atomic E-state index is -2.34. The second kappa shape index (κ2) is 6.56. The molecule has 0 saturated heterocycles. The molecule has 0 radical (unpaired) electrons. The minimum absolute atomic E-state index is 0.149. The lowest BCUT2D eigenvalue weighted by Crippen LogP contribution is -2.14. The zero-order valence-corrected chi connectivity index (χ0v) is 9.79. The van der Waals surface area contributed by atoms with Crippen LogP contribution in [0.3, 0.4) is 0 Å². The maximum atomic E-state index is 12.0. The number of rotatable bonds is 6. The van der Waals surface area contributed by atoms with E-state index < -0.39 is 18.4 Å². The summed E-state index contributed by atoms with van der Waals surface area (Å²) in [6.07, 6.45) is -2.49. The molecular weight excluding hydrogens is 248 g/mol. The number of carbonyl (C=O) groups is 1. The number of carboxylic acids is 1. The third kappa shape index (κ3) is 5.14. The first kappa shape index (κ1) is 13.9. The van der Waals surface area contributed by atoms with Gasteiger partial charge in [0, 0.05) is 10.9 Å². The lowest BCUT2D eigenvalue weighted by Gasteiger charge is -2.09. The second-order valence-corrected chi connectivity index (χ2v) is 4.57. The van der Waals surface area contributed by atoms with Gasteiger partial charge in [-0.15, -0.1) is 11.8 Å². The molecule has 94 valence electrons. The van der Waals surface area contributed by atoms with Crippen molar-refractivity contribution in [1.29, 1.82) is 0 Å². The van der Waals surface area contributed by atoms with Gasteiger partial charge >= 0.3 is 5.97 Å². The minimum Gasteiger partial charge on any atom is -0.481 e. The van der Waals surface area contributed by atoms with Gasteiger partial charge in [0.15, 0.2) is 0 Å². The number of thioether (sulfide) groups is 1. The molecular formula is C11H13F2NO2S. The Balaban J connectivity index is 2.58. The van der Waals surface area contributed by atoms with Crippen LogP contribution in [-0.2, 0) is 4.79 Å². The van der Waals surface area contributed by atoms with Crippen molar-refractivity contribution < 1.29 is 18.7 Å². The summed E-state index contributed by atoms with van der Waals surface area (Å²) in [5, 5.41) is 8.58. The predicted molar refractivity (Wildman–Crippen MR) is 62.4 cm³/mol. The highest BCUT2D eigenvalue weighted by atomic mass is 32.2. The van der Waals surface area contributed by atoms with Crippen LogP contribution in [0.4, 0.5) is 8.78 Å². The van der Waals surface area contributed by atoms with E-state index in [1.807, 2.05) is 0 Å². The molecule has 6 heteroatoms. The number of alkyl halides is 2. The molecule has 1 atom stereocenters. The normalized spacial score (nSPS) is 12.7. The van der Waals surface area contributed by atoms with Gasteiger partial charge in [-0.25, -0.2) is 8.78 Å². The number of carboxylic acid groups (broad SMARTS) is 1. The molecule has 3 N–H and O–H groups in total. The lowest BCUT2D eigenvalue weighted by atomic mass is 10.1. The highest BCUT2D eigenvalue weighted by molar-refractivity contribution is 7.99. The van der Waals surface area contributed by atoms with Gasteiger partial charge in [0.25, 0.3) is 0 Å². The largest absolute Gasteiger partial charge is 0.481 e. The summed E-state index contributed by atoms with van der Waals surface area (Å²) in [7, 11) is 0. The molecule has 0 heterocycles. The zero-order chi connectivity index (χ0) is 12.8. The molecule has 0 aromatic heterocycles. The average Bonchev–Trinajstić information content (AvgIpc) is 2.26. The fourth-order valence-corrected chi connectivity index (χ4v) is 1.92. The van der Waals surface area contributed by atoms with Crippen LogP contribution in [0, 0.1) is 0 Å². The monoisotopic (exact) mass is 261 g/mol. The van der Waals surface area contributed by atoms with Gasteiger partial charge in [-0.2, -0.15) is 0 Å². The Labute approximate surface area is 102 Å². The maximum Gasteiger partial charge on any atom is 0.305 e. The van der Waals surface area contributed by atoms with Crippen molar-refractivity contribution in [3.63, 3.8) is 0 Å². The molecule has 1 aromatic carbocycles. The molecule has 0 spiro atoms. The van der Waals surface area contributed by atoms with E-state index >= 15 is 0 Å². The van der Waals surface area contributed by atoms with E-state index in [2.05, 4.69) is 0 Å². The molecule has 1 rings (SSSR count). The van der Waals surface area contributed by atoms with Gasteiger partial charge in [0.05, 0.1) is 12.2 Å². The van der Waals surface area contributed by atoms with Gasteiger partial charge in [-0.05, 0) is 17.7 Å². The fraction of sp³-hybridized carbons (Fsp3) is 0.364. The summed E-state index contributed by atoms with van der Waals surface area (Å²) in [6.45, 7) is 0. The number of benzene rings is 1. The summed E-state index contributed by atoms with van der Waals surface area (Å²) in [4.78, 5) is 11.2. The van der Waals surface area contributed by atoms with Crippen molar-refractivity contribution in [2.75, 3.05) is 5.75 Å². The Kier molecular flexibility index (Phi) is 5.37. The van der Waals surface area contributed by atoms with E-state index in [-0.39, 0.29) is 12.2 Å². The molecule has 0 fully saturated rings. The molecule has 1 unspecified atom stereocenters. The average molecular weight is 261 g/mol. The number of aliphatic carboxylic acids is 1. The summed E-state index contributed by atoms with van der Waals surface area (Å²) < 4.78 is 23.9. The van der Waals surface area contributed by atoms with Crippen molar-refractivity contribution in [1.82, 2.24) is 0 Å². The summed E-state index contributed by atoms with van der Waals surface area (Å²) in [5.41, 5.74) is 6.35. The number of halogens is 2. The lowest BCUT2D eigenvalue weighted by molar-refractivity contribution is -0.137. The van der Waals surface area contributed by atoms with Crippen LogP contribution < -0.4 is 5.73 Å². The quantitative estimate of drug-likeness (QED) is 0.772. The molecule has 0 amide bonds. The number of hydrogen-bond acceptors (Lipinski definition) is 3. The first-order chi connectivity index (χ1) is 7.99. The molecule has 0 aliphatic carbocycles. The van der Waals surface area contributed by atoms with E-state index in [9.17, 15) is 13.6 Å². The van der Waals surface area contributed by atoms with Gasteiger partial charge < -0.3 is 10.8 Å². The van der Waals surface area contributed by atoms with Crippen LogP contribution in [0.5, 0.6) is 0 Å². The SMILES string of the molecule is NC(CC(=O)O)c1ccc(SCC(F)F)cc1. The molecule has 1 aromatic rings. The van der Waals surface area contributed by atoms with Gasteiger partial charge in [-0.3, -0.25) is 4.79 Å². The zero-order valence-electron chi connectivity index (χ0n) is 8.98. The topological polar surface area (TPSA) is 63.3 Å². The Morgan fingerprint density at radius 2 is 1.94 bits per heavy atom. The van der Waals surface area contributed by atoms with Crippen molar-refractivity contribution in [3.8, 4) is 0 Å². The van der Waals surface area contributed by atoms with Crippen molar-refractivity contribution >= 4 is 17.7 Å². The van der Waals surface area contributed by atoms with Crippen molar-refractivity contribution in [3.05, 3.63) is 29.8 Å². The fourth-order valence-electron chi connectivity index (χ4n) is 1.28. The van der Waals surface area contributed by atoms with Crippen LogP contribution in [-0.4, -0.2) is 23.3 Å². The second-order valence-electron chi connectivity index (χ2n) is 3.48. The third-order valence-electron chi connectivity index (χ3n) is 2.08. The Bertz CT molecular complexity index is 370. The van der Waals surface area contributed by atoms with Crippen LogP contribution in [0.1, 0.15) is 18.0 Å². The first-order valence-corrected chi connectivity index (χ1v) is 5.96. The summed E-state index contributed by atoms with van der Waals surface area (Å²) in [6, 6.07) is 6.11. The van der Waals surface area contributed by atoms with E-state index in [1.165, 1.54) is 0 Å². The van der Waals surface area contributed by atoms with E-state index in [0.29, 0.717) is 5.56 Å². The standard InChI is InChI=1S/C11H13F2NO2S/c12-10(13)6-17-8-3-1-7(2-4-8)9(14)5-11(15)16/h1-4,9-10H,5-6,14H2,(H,15,16). The molecule has 0 aliphatic rings. The maximum absolute atomic E-state index is 12.0. The Morgan fingerprint density at radius 3 is 2.41 bits per heavy atom. The van der Waals surface area contributed by atoms with Crippen LogP contribution in [0.2, 0.25) is 0 Å². The molecule has 17 heavy (non-hydrogen) atoms. The van der Waals surface area contributed by atoms with Crippen molar-refractivity contribution in [2.45, 2.75) is 23.8 Å². The smallest absolute Gasteiger partial charge is 0.305 e. The molecule has 0 aliphatic heterocycles. The van der Waals surface area contributed by atoms with E-state index in [1.54, 1.807) is 24.3 Å². The van der Waals surface area contributed by atoms with Crippen LogP contribution in [0.15, 0.2) is 29.2 Å². The molecule has 0 bridgehead atoms. The summed E-state index contributed by atoms with van der Waals surface area (Å²) in [5.74, 6) is -1.21. The van der Waals surface area contributed by atoms with E-state index in [4.69, 9.17) is 10.8 Å². The van der Waals surface area contributed by atoms with Crippen LogP contribution >= 0.6 is 11.8 Å². The Morgan fingerprint density at radius 1 is 1.35 bits per heavy atom. The van der Waals surface area contributed by atoms with Gasteiger partial charge in [0.2, 0.25) is 6.43 Å². The Hall–Kier alpha value is -1.14. The highest BCUT2D eigenvalue weighted by Gasteiger charge is 2.10. The van der Waals surface area contributed by atoms with E-state index in [0.717, 1.165) is 16.7 Å². The van der Waals surface area contributed by atoms with Gasteiger partial charge in [-0.1, -0.05) is 12.1 Å². The van der Waals surface area contributed by atoms with Crippen LogP contribution in [0.25, 0.3) is 0 Å². The van der Waals surface area contributed by atoms with Gasteiger partial charge in [0.1, 0.15) is 0 Å². The first-order valence-electron chi connectivity index (χ1n) is 4.97. The third-order valence-corrected chi connectivity index (χ3v) is 3.10. The molecule has 3 nitrogen and oxygen atoms in total. The highest BCUT2D eigenvalue weighted by Crippen LogP contribution is 2.22. The van der Waals surface area contributed by atoms with Crippen molar-refractivity contribution in [2.24, 2.45) is 5.73 Å². The number of nitrogens with two attached hydrogens (primary N) is 1. The number of hydrogen-bond donors (Lipinski definition) is 2. The summed E-state index contributed by atoms with van der Waals surface area (Å²) >= 11 is 1.06. The predicted octanol–water partition coefficient (Wildman–Crippen LogP) is 2.52. The molecule has 0 saturated carbocycles.